The van der Waals surface area contributed by atoms with Gasteiger partial charge >= 0.3 is 0 Å². The average Bonchev–Trinajstić information content (AvgIpc) is 2.58. The summed E-state index contributed by atoms with van der Waals surface area (Å²) < 4.78 is 5.59. The smallest absolute Gasteiger partial charge is 0.123 e. The maximum Gasteiger partial charge on any atom is 0.123 e. The lowest BCUT2D eigenvalue weighted by molar-refractivity contribution is 0.284. The number of hydrogen-bond acceptors (Lipinski definition) is 1. The first-order chi connectivity index (χ1) is 6.42. The van der Waals surface area contributed by atoms with Crippen molar-refractivity contribution in [2.45, 2.75) is 26.4 Å². The van der Waals surface area contributed by atoms with E-state index < -0.39 is 0 Å². The molecule has 1 aromatic rings. The van der Waals surface area contributed by atoms with E-state index in [-0.39, 0.29) is 0 Å². The fourth-order valence-corrected chi connectivity index (χ4v) is 1.56. The lowest BCUT2D eigenvalue weighted by Crippen LogP contribution is -1.79. The topological polar surface area (TPSA) is 9.23 Å². The second kappa shape index (κ2) is 3.65. The summed E-state index contributed by atoms with van der Waals surface area (Å²) in [6.45, 7) is 2.92. The molecule has 1 nitrogen and oxygen atoms in total. The van der Waals surface area contributed by atoms with E-state index >= 15 is 0 Å². The third kappa shape index (κ3) is 1.59. The van der Waals surface area contributed by atoms with E-state index in [4.69, 9.17) is 4.74 Å². The van der Waals surface area contributed by atoms with Gasteiger partial charge in [0.05, 0.1) is 0 Å². The minimum atomic E-state index is 0.742. The minimum Gasteiger partial charge on any atom is -0.489 e. The van der Waals surface area contributed by atoms with Crippen molar-refractivity contribution in [3.8, 4) is 0 Å². The molecular formula is C12H14O. The Morgan fingerprint density at radius 2 is 2.23 bits per heavy atom. The number of fused-ring (bicyclic) bond motifs is 1. The van der Waals surface area contributed by atoms with Crippen LogP contribution < -0.4 is 0 Å². The molecule has 0 N–H and O–H groups in total. The van der Waals surface area contributed by atoms with Gasteiger partial charge < -0.3 is 4.74 Å². The van der Waals surface area contributed by atoms with Gasteiger partial charge in [-0.1, -0.05) is 37.6 Å². The molecule has 0 radical (unpaired) electrons. The van der Waals surface area contributed by atoms with Crippen molar-refractivity contribution in [3.63, 3.8) is 0 Å². The lowest BCUT2D eigenvalue weighted by atomic mass is 10.1. The van der Waals surface area contributed by atoms with Crippen molar-refractivity contribution in [2.24, 2.45) is 0 Å². The summed E-state index contributed by atoms with van der Waals surface area (Å²) in [5, 5.41) is 0. The number of hydrogen-bond donors (Lipinski definition) is 0. The second-order valence-corrected chi connectivity index (χ2v) is 3.30. The molecule has 0 saturated heterocycles. The van der Waals surface area contributed by atoms with Crippen LogP contribution in [0.15, 0.2) is 30.3 Å². The van der Waals surface area contributed by atoms with Crippen molar-refractivity contribution in [2.75, 3.05) is 0 Å². The molecule has 2 rings (SSSR count). The van der Waals surface area contributed by atoms with Crippen LogP contribution in [0.5, 0.6) is 0 Å². The van der Waals surface area contributed by atoms with E-state index in [0.29, 0.717) is 0 Å². The van der Waals surface area contributed by atoms with Crippen LogP contribution in [0.2, 0.25) is 0 Å². The van der Waals surface area contributed by atoms with E-state index in [0.717, 1.165) is 18.8 Å². The molecule has 1 aromatic carbocycles. The van der Waals surface area contributed by atoms with Gasteiger partial charge in [0.2, 0.25) is 0 Å². The Hall–Kier alpha value is -1.24. The van der Waals surface area contributed by atoms with Crippen molar-refractivity contribution < 1.29 is 4.74 Å². The predicted molar refractivity (Wildman–Crippen MR) is 54.1 cm³/mol. The maximum atomic E-state index is 5.59. The molecule has 1 aliphatic rings. The minimum absolute atomic E-state index is 0.742. The monoisotopic (exact) mass is 174 g/mol. The van der Waals surface area contributed by atoms with Crippen LogP contribution in [0.25, 0.3) is 5.76 Å². The zero-order valence-corrected chi connectivity index (χ0v) is 7.92. The normalized spacial score (nSPS) is 17.2. The molecule has 0 amide bonds. The summed E-state index contributed by atoms with van der Waals surface area (Å²) in [4.78, 5) is 0. The SMILES string of the molecule is CCC/C=C1/OCc2ccccc21. The molecular weight excluding hydrogens is 160 g/mol. The Bertz CT molecular complexity index is 326. The molecule has 0 aromatic heterocycles. The van der Waals surface area contributed by atoms with E-state index in [1.807, 2.05) is 0 Å². The largest absolute Gasteiger partial charge is 0.489 e. The highest BCUT2D eigenvalue weighted by molar-refractivity contribution is 5.65. The molecule has 0 bridgehead atoms. The van der Waals surface area contributed by atoms with Crippen LogP contribution in [0.3, 0.4) is 0 Å². The van der Waals surface area contributed by atoms with Crippen molar-refractivity contribution >= 4 is 5.76 Å². The summed E-state index contributed by atoms with van der Waals surface area (Å²) in [5.41, 5.74) is 2.58. The quantitative estimate of drug-likeness (QED) is 0.668. The zero-order valence-electron chi connectivity index (χ0n) is 7.92. The molecule has 0 aliphatic carbocycles. The van der Waals surface area contributed by atoms with Gasteiger partial charge in [0.1, 0.15) is 12.4 Å². The molecule has 0 fully saturated rings. The van der Waals surface area contributed by atoms with Crippen molar-refractivity contribution in [1.29, 1.82) is 0 Å². The van der Waals surface area contributed by atoms with Gasteiger partial charge in [-0.05, 0) is 12.5 Å². The highest BCUT2D eigenvalue weighted by Crippen LogP contribution is 2.29. The summed E-state index contributed by atoms with van der Waals surface area (Å²) >= 11 is 0. The van der Waals surface area contributed by atoms with Crippen LogP contribution in [-0.2, 0) is 11.3 Å². The fourth-order valence-electron chi connectivity index (χ4n) is 1.56. The molecule has 1 heterocycles. The molecule has 0 spiro atoms. The van der Waals surface area contributed by atoms with Gasteiger partial charge in [0, 0.05) is 11.1 Å². The number of allylic oxidation sites excluding steroid dienone is 1. The zero-order chi connectivity index (χ0) is 9.10. The number of rotatable bonds is 2. The van der Waals surface area contributed by atoms with Crippen molar-refractivity contribution in [3.05, 3.63) is 41.5 Å². The third-order valence-electron chi connectivity index (χ3n) is 2.28. The Labute approximate surface area is 79.0 Å². The first kappa shape index (κ1) is 8.36. The molecule has 0 saturated carbocycles. The van der Waals surface area contributed by atoms with Crippen LogP contribution in [0.4, 0.5) is 0 Å². The summed E-state index contributed by atoms with van der Waals surface area (Å²) in [6.07, 6.45) is 4.46. The summed E-state index contributed by atoms with van der Waals surface area (Å²) in [6, 6.07) is 8.38. The third-order valence-corrected chi connectivity index (χ3v) is 2.28. The number of benzene rings is 1. The molecule has 0 unspecified atom stereocenters. The second-order valence-electron chi connectivity index (χ2n) is 3.30. The Kier molecular flexibility index (Phi) is 2.35. The van der Waals surface area contributed by atoms with Gasteiger partial charge in [0.15, 0.2) is 0 Å². The standard InChI is InChI=1S/C12H14O/c1-2-3-8-12-11-7-5-4-6-10(11)9-13-12/h4-8H,2-3,9H2,1H3/b12-8+. The van der Waals surface area contributed by atoms with Crippen LogP contribution in [0.1, 0.15) is 30.9 Å². The first-order valence-corrected chi connectivity index (χ1v) is 4.83. The van der Waals surface area contributed by atoms with Gasteiger partial charge in [-0.25, -0.2) is 0 Å². The molecule has 1 aliphatic heterocycles. The lowest BCUT2D eigenvalue weighted by Gasteiger charge is -1.98. The van der Waals surface area contributed by atoms with E-state index in [1.165, 1.54) is 17.5 Å². The average molecular weight is 174 g/mol. The fraction of sp³-hybridized carbons (Fsp3) is 0.333. The Morgan fingerprint density at radius 1 is 1.38 bits per heavy atom. The van der Waals surface area contributed by atoms with Gasteiger partial charge in [-0.2, -0.15) is 0 Å². The van der Waals surface area contributed by atoms with Gasteiger partial charge in [0.25, 0.3) is 0 Å². The molecule has 0 atom stereocenters. The van der Waals surface area contributed by atoms with E-state index in [9.17, 15) is 0 Å². The number of ether oxygens (including phenoxy) is 1. The first-order valence-electron chi connectivity index (χ1n) is 4.83. The highest BCUT2D eigenvalue weighted by atomic mass is 16.5. The van der Waals surface area contributed by atoms with E-state index in [1.54, 1.807) is 0 Å². The van der Waals surface area contributed by atoms with Crippen LogP contribution in [-0.4, -0.2) is 0 Å². The Balaban J connectivity index is 2.28. The van der Waals surface area contributed by atoms with E-state index in [2.05, 4.69) is 37.3 Å². The Morgan fingerprint density at radius 3 is 3.08 bits per heavy atom. The highest BCUT2D eigenvalue weighted by Gasteiger charge is 2.15. The predicted octanol–water partition coefficient (Wildman–Crippen LogP) is 3.36. The maximum absolute atomic E-state index is 5.59. The number of unbranched alkanes of at least 4 members (excludes halogenated alkanes) is 1. The summed E-state index contributed by atoms with van der Waals surface area (Å²) in [5.74, 6) is 1.07. The van der Waals surface area contributed by atoms with Gasteiger partial charge in [-0.3, -0.25) is 0 Å². The molecule has 68 valence electrons. The van der Waals surface area contributed by atoms with Crippen LogP contribution >= 0.6 is 0 Å². The summed E-state index contributed by atoms with van der Waals surface area (Å²) in [7, 11) is 0. The molecule has 13 heavy (non-hydrogen) atoms. The molecule has 1 heteroatoms. The van der Waals surface area contributed by atoms with Crippen LogP contribution in [0, 0.1) is 0 Å². The van der Waals surface area contributed by atoms with Crippen molar-refractivity contribution in [1.82, 2.24) is 0 Å². The van der Waals surface area contributed by atoms with Gasteiger partial charge in [-0.15, -0.1) is 0 Å².